The lowest BCUT2D eigenvalue weighted by Gasteiger charge is -2.31. The van der Waals surface area contributed by atoms with E-state index in [1.165, 1.54) is 26.8 Å². The van der Waals surface area contributed by atoms with Crippen LogP contribution < -0.4 is 10.1 Å². The van der Waals surface area contributed by atoms with E-state index in [0.29, 0.717) is 0 Å². The number of nitrogens with one attached hydrogen (secondary N) is 1. The Morgan fingerprint density at radius 2 is 1.91 bits per heavy atom. The molecular formula is C18H23ClF3N3O6S. The van der Waals surface area contributed by atoms with Crippen LogP contribution >= 0.6 is 11.6 Å². The SMILES string of the molecule is CC(COc1cnc(Cl)c(C(=O)NC2CC2)c1)N(C(=O)OC(C)(C)C)S(=O)(=O)C(F)(F)F. The zero-order chi connectivity index (χ0) is 24.5. The van der Waals surface area contributed by atoms with Gasteiger partial charge in [-0.25, -0.2) is 9.78 Å². The maximum Gasteiger partial charge on any atom is 0.516 e. The smallest absolute Gasteiger partial charge is 0.490 e. The van der Waals surface area contributed by atoms with Crippen molar-refractivity contribution < 1.29 is 40.7 Å². The zero-order valence-electron chi connectivity index (χ0n) is 17.7. The largest absolute Gasteiger partial charge is 0.516 e. The van der Waals surface area contributed by atoms with Gasteiger partial charge in [0, 0.05) is 6.04 Å². The van der Waals surface area contributed by atoms with Crippen LogP contribution in [0.25, 0.3) is 0 Å². The molecule has 0 bridgehead atoms. The minimum atomic E-state index is -6.07. The Hall–Kier alpha value is -2.28. The fourth-order valence-corrected chi connectivity index (χ4v) is 3.56. The van der Waals surface area contributed by atoms with E-state index >= 15 is 0 Å². The fourth-order valence-electron chi connectivity index (χ4n) is 2.38. The summed E-state index contributed by atoms with van der Waals surface area (Å²) < 4.78 is 73.2. The van der Waals surface area contributed by atoms with E-state index in [9.17, 15) is 31.2 Å². The highest BCUT2D eigenvalue weighted by Crippen LogP contribution is 2.30. The van der Waals surface area contributed by atoms with Crippen molar-refractivity contribution in [3.63, 3.8) is 0 Å². The lowest BCUT2D eigenvalue weighted by molar-refractivity contribution is -0.0517. The summed E-state index contributed by atoms with van der Waals surface area (Å²) in [4.78, 5) is 28.3. The summed E-state index contributed by atoms with van der Waals surface area (Å²) in [6.07, 6.45) is 1.07. The highest BCUT2D eigenvalue weighted by atomic mass is 35.5. The second-order valence-electron chi connectivity index (χ2n) is 8.14. The van der Waals surface area contributed by atoms with Crippen LogP contribution in [0.4, 0.5) is 18.0 Å². The van der Waals surface area contributed by atoms with Crippen LogP contribution in [0.3, 0.4) is 0 Å². The molecule has 1 saturated carbocycles. The van der Waals surface area contributed by atoms with E-state index in [4.69, 9.17) is 21.1 Å². The van der Waals surface area contributed by atoms with Gasteiger partial charge in [0.25, 0.3) is 5.91 Å². The van der Waals surface area contributed by atoms with Crippen LogP contribution in [-0.2, 0) is 14.8 Å². The summed E-state index contributed by atoms with van der Waals surface area (Å²) in [6, 6.07) is -0.357. The van der Waals surface area contributed by atoms with Crippen LogP contribution in [0.2, 0.25) is 5.15 Å². The predicted octanol–water partition coefficient (Wildman–Crippen LogP) is 3.48. The van der Waals surface area contributed by atoms with Crippen molar-refractivity contribution in [1.82, 2.24) is 14.6 Å². The Morgan fingerprint density at radius 1 is 1.31 bits per heavy atom. The van der Waals surface area contributed by atoms with Crippen molar-refractivity contribution >= 4 is 33.6 Å². The average molecular weight is 502 g/mol. The van der Waals surface area contributed by atoms with Crippen LogP contribution in [0.5, 0.6) is 5.75 Å². The van der Waals surface area contributed by atoms with Gasteiger partial charge in [-0.3, -0.25) is 4.79 Å². The van der Waals surface area contributed by atoms with Crippen LogP contribution in [0.15, 0.2) is 12.3 Å². The van der Waals surface area contributed by atoms with Crippen LogP contribution in [-0.4, -0.2) is 59.5 Å². The van der Waals surface area contributed by atoms with Crippen LogP contribution in [0.1, 0.15) is 50.9 Å². The van der Waals surface area contributed by atoms with E-state index < -0.39 is 50.1 Å². The second-order valence-corrected chi connectivity index (χ2v) is 10.3. The lowest BCUT2D eigenvalue weighted by Crippen LogP contribution is -2.52. The Balaban J connectivity index is 2.21. The summed E-state index contributed by atoms with van der Waals surface area (Å²) in [5, 5.41) is 2.59. The molecule has 1 heterocycles. The Morgan fingerprint density at radius 3 is 2.41 bits per heavy atom. The van der Waals surface area contributed by atoms with Crippen molar-refractivity contribution in [2.75, 3.05) is 6.61 Å². The Bertz CT molecular complexity index is 977. The maximum atomic E-state index is 13.1. The highest BCUT2D eigenvalue weighted by molar-refractivity contribution is 7.90. The number of carbonyl (C=O) groups is 2. The molecular weight excluding hydrogens is 479 g/mol. The number of hydrogen-bond donors (Lipinski definition) is 1. The number of rotatable bonds is 7. The number of aromatic nitrogens is 1. The molecule has 1 aliphatic carbocycles. The molecule has 0 aromatic carbocycles. The minimum absolute atomic E-state index is 0.0179. The Labute approximate surface area is 188 Å². The van der Waals surface area contributed by atoms with Crippen molar-refractivity contribution in [3.8, 4) is 5.75 Å². The van der Waals surface area contributed by atoms with Gasteiger partial charge in [0.05, 0.1) is 17.8 Å². The van der Waals surface area contributed by atoms with E-state index in [1.807, 2.05) is 0 Å². The number of alkyl halides is 3. The summed E-state index contributed by atoms with van der Waals surface area (Å²) >= 11 is 5.92. The Kier molecular flexibility index (Phi) is 7.55. The standard InChI is InChI=1S/C18H23ClF3N3O6S/c1-10(25(16(27)31-17(2,3)4)32(28,29)18(20,21)22)9-30-12-7-13(14(19)23-8-12)15(26)24-11-5-6-11/h7-8,10-11H,5-6,9H2,1-4H3,(H,24,26). The first-order chi connectivity index (χ1) is 14.5. The molecule has 32 heavy (non-hydrogen) atoms. The van der Waals surface area contributed by atoms with E-state index in [0.717, 1.165) is 26.0 Å². The van der Waals surface area contributed by atoms with Crippen molar-refractivity contribution in [3.05, 3.63) is 23.0 Å². The monoisotopic (exact) mass is 501 g/mol. The minimum Gasteiger partial charge on any atom is -0.490 e. The number of carbonyl (C=O) groups excluding carboxylic acids is 2. The van der Waals surface area contributed by atoms with Gasteiger partial charge < -0.3 is 14.8 Å². The topological polar surface area (TPSA) is 115 Å². The highest BCUT2D eigenvalue weighted by Gasteiger charge is 2.54. The third-order valence-electron chi connectivity index (χ3n) is 3.99. The second kappa shape index (κ2) is 9.30. The summed E-state index contributed by atoms with van der Waals surface area (Å²) in [7, 11) is -6.07. The molecule has 0 radical (unpaired) electrons. The van der Waals surface area contributed by atoms with Gasteiger partial charge in [0.1, 0.15) is 23.1 Å². The number of nitrogens with zero attached hydrogens (tertiary/aromatic N) is 2. The molecule has 1 unspecified atom stereocenters. The molecule has 180 valence electrons. The number of amides is 2. The van der Waals surface area contributed by atoms with Crippen molar-refractivity contribution in [2.45, 2.75) is 63.7 Å². The molecule has 1 aromatic heterocycles. The molecule has 1 aliphatic rings. The van der Waals surface area contributed by atoms with Gasteiger partial charge in [-0.1, -0.05) is 11.6 Å². The first-order valence-corrected chi connectivity index (χ1v) is 11.3. The third kappa shape index (κ3) is 6.61. The van der Waals surface area contributed by atoms with E-state index in [2.05, 4.69) is 10.3 Å². The maximum absolute atomic E-state index is 13.1. The zero-order valence-corrected chi connectivity index (χ0v) is 19.3. The van der Waals surface area contributed by atoms with Crippen molar-refractivity contribution in [2.24, 2.45) is 0 Å². The summed E-state index contributed by atoms with van der Waals surface area (Å²) in [5.41, 5.74) is -7.01. The fraction of sp³-hybridized carbons (Fsp3) is 0.611. The molecule has 1 atom stereocenters. The van der Waals surface area contributed by atoms with Gasteiger partial charge in [0.15, 0.2) is 0 Å². The number of hydrogen-bond acceptors (Lipinski definition) is 7. The summed E-state index contributed by atoms with van der Waals surface area (Å²) in [5.74, 6) is -0.561. The average Bonchev–Trinajstić information content (AvgIpc) is 3.42. The molecule has 1 aromatic rings. The molecule has 14 heteroatoms. The quantitative estimate of drug-likeness (QED) is 0.569. The third-order valence-corrected chi connectivity index (χ3v) is 5.90. The molecule has 2 rings (SSSR count). The molecule has 2 amide bonds. The van der Waals surface area contributed by atoms with Crippen molar-refractivity contribution in [1.29, 1.82) is 0 Å². The first-order valence-electron chi connectivity index (χ1n) is 9.46. The number of ether oxygens (including phenoxy) is 2. The number of halogens is 4. The number of sulfonamides is 1. The molecule has 0 saturated heterocycles. The first kappa shape index (κ1) is 26.0. The van der Waals surface area contributed by atoms with E-state index in [1.54, 1.807) is 0 Å². The summed E-state index contributed by atoms with van der Waals surface area (Å²) in [6.45, 7) is 4.48. The van der Waals surface area contributed by atoms with Gasteiger partial charge in [-0.2, -0.15) is 25.9 Å². The van der Waals surface area contributed by atoms with Gasteiger partial charge in [-0.15, -0.1) is 0 Å². The predicted molar refractivity (Wildman–Crippen MR) is 108 cm³/mol. The van der Waals surface area contributed by atoms with Crippen LogP contribution in [0, 0.1) is 0 Å². The van der Waals surface area contributed by atoms with Gasteiger partial charge >= 0.3 is 21.6 Å². The van der Waals surface area contributed by atoms with Gasteiger partial charge in [0.2, 0.25) is 0 Å². The van der Waals surface area contributed by atoms with Gasteiger partial charge in [-0.05, 0) is 46.6 Å². The molecule has 1 fully saturated rings. The van der Waals surface area contributed by atoms with E-state index in [-0.39, 0.29) is 22.5 Å². The normalized spacial score (nSPS) is 15.6. The molecule has 0 spiro atoms. The number of pyridine rings is 1. The molecule has 1 N–H and O–H groups in total. The molecule has 9 nitrogen and oxygen atoms in total. The lowest BCUT2D eigenvalue weighted by atomic mass is 10.2. The molecule has 0 aliphatic heterocycles.